The summed E-state index contributed by atoms with van der Waals surface area (Å²) in [7, 11) is 0. The van der Waals surface area contributed by atoms with Gasteiger partial charge < -0.3 is 11.1 Å². The molecule has 1 aliphatic carbocycles. The molecule has 0 bridgehead atoms. The number of aromatic nitrogens is 3. The Kier molecular flexibility index (Phi) is 4.69. The van der Waals surface area contributed by atoms with Crippen molar-refractivity contribution < 1.29 is 4.79 Å². The molecule has 2 atom stereocenters. The van der Waals surface area contributed by atoms with Crippen LogP contribution in [0.4, 0.5) is 0 Å². The Morgan fingerprint density at radius 3 is 3.00 bits per heavy atom. The van der Waals surface area contributed by atoms with Gasteiger partial charge in [-0.3, -0.25) is 9.48 Å². The van der Waals surface area contributed by atoms with Crippen LogP contribution in [0, 0.1) is 5.92 Å². The van der Waals surface area contributed by atoms with Crippen molar-refractivity contribution in [3.8, 4) is 0 Å². The second-order valence-electron chi connectivity index (χ2n) is 4.87. The number of carbonyl (C=O) groups is 1. The van der Waals surface area contributed by atoms with E-state index in [1.807, 2.05) is 0 Å². The first-order valence-corrected chi connectivity index (χ1v) is 6.63. The third-order valence-electron chi connectivity index (χ3n) is 3.60. The van der Waals surface area contributed by atoms with Crippen molar-refractivity contribution >= 4 is 5.91 Å². The van der Waals surface area contributed by atoms with Gasteiger partial charge in [-0.2, -0.15) is 0 Å². The van der Waals surface area contributed by atoms with Crippen LogP contribution in [0.3, 0.4) is 0 Å². The van der Waals surface area contributed by atoms with Gasteiger partial charge in [-0.15, -0.1) is 5.10 Å². The van der Waals surface area contributed by atoms with Crippen molar-refractivity contribution in [1.29, 1.82) is 0 Å². The summed E-state index contributed by atoms with van der Waals surface area (Å²) in [4.78, 5) is 11.9. The first-order valence-electron chi connectivity index (χ1n) is 6.63. The summed E-state index contributed by atoms with van der Waals surface area (Å²) in [5.41, 5.74) is 5.75. The molecule has 1 fully saturated rings. The SMILES string of the molecule is NCC1CCCCC1NC(=O)CCn1ccnn1. The summed E-state index contributed by atoms with van der Waals surface area (Å²) in [6, 6.07) is 0.256. The van der Waals surface area contributed by atoms with Crippen LogP contribution in [-0.2, 0) is 11.3 Å². The number of hydrogen-bond acceptors (Lipinski definition) is 4. The molecule has 6 nitrogen and oxygen atoms in total. The Labute approximate surface area is 107 Å². The molecule has 100 valence electrons. The van der Waals surface area contributed by atoms with Gasteiger partial charge in [-0.1, -0.05) is 18.1 Å². The Morgan fingerprint density at radius 1 is 1.44 bits per heavy atom. The average Bonchev–Trinajstić information content (AvgIpc) is 2.90. The van der Waals surface area contributed by atoms with Crippen molar-refractivity contribution in [1.82, 2.24) is 20.3 Å². The summed E-state index contributed by atoms with van der Waals surface area (Å²) in [6.07, 6.45) is 8.41. The lowest BCUT2D eigenvalue weighted by Crippen LogP contribution is -2.44. The van der Waals surface area contributed by atoms with Crippen LogP contribution in [0.2, 0.25) is 0 Å². The third kappa shape index (κ3) is 3.53. The van der Waals surface area contributed by atoms with E-state index in [1.54, 1.807) is 17.1 Å². The molecule has 1 heterocycles. The molecule has 6 heteroatoms. The number of nitrogens with two attached hydrogens (primary N) is 1. The zero-order valence-corrected chi connectivity index (χ0v) is 10.6. The summed E-state index contributed by atoms with van der Waals surface area (Å²) in [5.74, 6) is 0.518. The topological polar surface area (TPSA) is 85.8 Å². The van der Waals surface area contributed by atoms with Crippen LogP contribution in [0.1, 0.15) is 32.1 Å². The van der Waals surface area contributed by atoms with Gasteiger partial charge >= 0.3 is 0 Å². The minimum Gasteiger partial charge on any atom is -0.353 e. The lowest BCUT2D eigenvalue weighted by Gasteiger charge is -2.31. The third-order valence-corrected chi connectivity index (χ3v) is 3.60. The van der Waals surface area contributed by atoms with Gasteiger partial charge in [0, 0.05) is 18.7 Å². The molecule has 2 rings (SSSR count). The maximum atomic E-state index is 11.9. The van der Waals surface area contributed by atoms with E-state index in [4.69, 9.17) is 5.73 Å². The van der Waals surface area contributed by atoms with E-state index < -0.39 is 0 Å². The normalized spacial score (nSPS) is 23.8. The number of amides is 1. The Hall–Kier alpha value is -1.43. The van der Waals surface area contributed by atoms with Crippen molar-refractivity contribution in [2.45, 2.75) is 44.7 Å². The molecular formula is C12H21N5O. The van der Waals surface area contributed by atoms with Gasteiger partial charge in [0.2, 0.25) is 5.91 Å². The number of aryl methyl sites for hydroxylation is 1. The van der Waals surface area contributed by atoms with E-state index in [9.17, 15) is 4.79 Å². The maximum absolute atomic E-state index is 11.9. The zero-order valence-electron chi connectivity index (χ0n) is 10.6. The highest BCUT2D eigenvalue weighted by Gasteiger charge is 2.24. The lowest BCUT2D eigenvalue weighted by atomic mass is 9.84. The van der Waals surface area contributed by atoms with Crippen LogP contribution >= 0.6 is 0 Å². The summed E-state index contributed by atoms with van der Waals surface area (Å²) in [6.45, 7) is 1.24. The van der Waals surface area contributed by atoms with Crippen LogP contribution < -0.4 is 11.1 Å². The van der Waals surface area contributed by atoms with E-state index in [2.05, 4.69) is 15.6 Å². The molecule has 2 unspecified atom stereocenters. The monoisotopic (exact) mass is 251 g/mol. The molecule has 1 aromatic rings. The van der Waals surface area contributed by atoms with E-state index in [1.165, 1.54) is 12.8 Å². The average molecular weight is 251 g/mol. The lowest BCUT2D eigenvalue weighted by molar-refractivity contribution is -0.122. The molecular weight excluding hydrogens is 230 g/mol. The molecule has 0 saturated heterocycles. The van der Waals surface area contributed by atoms with E-state index in [0.717, 1.165) is 12.8 Å². The maximum Gasteiger partial charge on any atom is 0.222 e. The molecule has 18 heavy (non-hydrogen) atoms. The molecule has 0 aliphatic heterocycles. The minimum absolute atomic E-state index is 0.0795. The standard InChI is InChI=1S/C12H21N5O/c13-9-10-3-1-2-4-11(10)15-12(18)5-7-17-8-6-14-16-17/h6,8,10-11H,1-5,7,9,13H2,(H,15,18). The molecule has 1 aromatic heterocycles. The molecule has 0 aromatic carbocycles. The predicted molar refractivity (Wildman–Crippen MR) is 67.6 cm³/mol. The van der Waals surface area contributed by atoms with Gasteiger partial charge in [0.1, 0.15) is 0 Å². The smallest absolute Gasteiger partial charge is 0.222 e. The van der Waals surface area contributed by atoms with Crippen LogP contribution in [0.15, 0.2) is 12.4 Å². The molecule has 1 aliphatic rings. The number of nitrogens with zero attached hydrogens (tertiary/aromatic N) is 3. The summed E-state index contributed by atoms with van der Waals surface area (Å²) in [5, 5.41) is 10.6. The second-order valence-corrected chi connectivity index (χ2v) is 4.87. The van der Waals surface area contributed by atoms with Crippen LogP contribution in [0.5, 0.6) is 0 Å². The molecule has 0 spiro atoms. The number of carbonyl (C=O) groups excluding carboxylic acids is 1. The van der Waals surface area contributed by atoms with Gasteiger partial charge in [-0.25, -0.2) is 0 Å². The molecule has 3 N–H and O–H groups in total. The largest absolute Gasteiger partial charge is 0.353 e. The Morgan fingerprint density at radius 2 is 2.28 bits per heavy atom. The predicted octanol–water partition coefficient (Wildman–Crippen LogP) is 0.302. The van der Waals surface area contributed by atoms with Crippen LogP contribution in [-0.4, -0.2) is 33.5 Å². The molecule has 1 amide bonds. The first-order chi connectivity index (χ1) is 8.79. The fourth-order valence-electron chi connectivity index (χ4n) is 2.53. The van der Waals surface area contributed by atoms with Gasteiger partial charge in [0.15, 0.2) is 0 Å². The quantitative estimate of drug-likeness (QED) is 0.788. The van der Waals surface area contributed by atoms with Crippen LogP contribution in [0.25, 0.3) is 0 Å². The number of nitrogens with one attached hydrogen (secondary N) is 1. The fraction of sp³-hybridized carbons (Fsp3) is 0.750. The minimum atomic E-state index is 0.0795. The Balaban J connectivity index is 1.75. The van der Waals surface area contributed by atoms with E-state index in [0.29, 0.717) is 25.4 Å². The van der Waals surface area contributed by atoms with Gasteiger partial charge in [-0.05, 0) is 25.3 Å². The van der Waals surface area contributed by atoms with Crippen molar-refractivity contribution in [3.05, 3.63) is 12.4 Å². The highest BCUT2D eigenvalue weighted by molar-refractivity contribution is 5.76. The second kappa shape index (κ2) is 6.49. The fourth-order valence-corrected chi connectivity index (χ4v) is 2.53. The van der Waals surface area contributed by atoms with Gasteiger partial charge in [0.25, 0.3) is 0 Å². The van der Waals surface area contributed by atoms with Gasteiger partial charge in [0.05, 0.1) is 12.7 Å². The zero-order chi connectivity index (χ0) is 12.8. The Bertz CT molecular complexity index is 365. The van der Waals surface area contributed by atoms with Crippen molar-refractivity contribution in [2.24, 2.45) is 11.7 Å². The summed E-state index contributed by atoms with van der Waals surface area (Å²) < 4.78 is 1.67. The summed E-state index contributed by atoms with van der Waals surface area (Å²) >= 11 is 0. The van der Waals surface area contributed by atoms with E-state index >= 15 is 0 Å². The molecule has 1 saturated carbocycles. The highest BCUT2D eigenvalue weighted by Crippen LogP contribution is 2.23. The number of rotatable bonds is 5. The van der Waals surface area contributed by atoms with Crippen molar-refractivity contribution in [2.75, 3.05) is 6.54 Å². The van der Waals surface area contributed by atoms with Crippen molar-refractivity contribution in [3.63, 3.8) is 0 Å². The van der Waals surface area contributed by atoms with E-state index in [-0.39, 0.29) is 11.9 Å². The number of hydrogen-bond donors (Lipinski definition) is 2. The highest BCUT2D eigenvalue weighted by atomic mass is 16.1. The first kappa shape index (κ1) is 13.0. The molecule has 0 radical (unpaired) electrons.